The number of nitrogens with zero attached hydrogens (tertiary/aromatic N) is 2. The summed E-state index contributed by atoms with van der Waals surface area (Å²) < 4.78 is 0. The molecular formula is C13H20N4O3. The molecule has 1 aromatic rings. The van der Waals surface area contributed by atoms with Crippen LogP contribution in [0.25, 0.3) is 0 Å². The van der Waals surface area contributed by atoms with Gasteiger partial charge in [-0.15, -0.1) is 0 Å². The first-order chi connectivity index (χ1) is 9.46. The standard InChI is InChI=1S/C13H20N4O3/c1-4-10(5-2)16(3)13(18)9-6-7-12(17(19)20)11(8-9)15-14/h6-8,10,15H,4-5,14H2,1-3H3. The second kappa shape index (κ2) is 6.85. The van der Waals surface area contributed by atoms with E-state index < -0.39 is 4.92 Å². The molecule has 0 radical (unpaired) electrons. The molecule has 0 atom stereocenters. The first kappa shape index (κ1) is 15.9. The minimum atomic E-state index is -0.548. The van der Waals surface area contributed by atoms with Crippen molar-refractivity contribution in [2.75, 3.05) is 12.5 Å². The highest BCUT2D eigenvalue weighted by Crippen LogP contribution is 2.25. The summed E-state index contributed by atoms with van der Waals surface area (Å²) in [4.78, 5) is 24.3. The summed E-state index contributed by atoms with van der Waals surface area (Å²) in [5, 5.41) is 10.8. The van der Waals surface area contributed by atoms with E-state index in [0.29, 0.717) is 5.56 Å². The Labute approximate surface area is 117 Å². The third-order valence-electron chi connectivity index (χ3n) is 3.41. The molecule has 0 spiro atoms. The van der Waals surface area contributed by atoms with E-state index in [4.69, 9.17) is 5.84 Å². The Morgan fingerprint density at radius 3 is 2.50 bits per heavy atom. The van der Waals surface area contributed by atoms with Crippen molar-refractivity contribution < 1.29 is 9.72 Å². The number of carbonyl (C=O) groups excluding carboxylic acids is 1. The van der Waals surface area contributed by atoms with Crippen LogP contribution in [0.4, 0.5) is 11.4 Å². The van der Waals surface area contributed by atoms with Crippen molar-refractivity contribution in [3.63, 3.8) is 0 Å². The molecular weight excluding hydrogens is 260 g/mol. The van der Waals surface area contributed by atoms with Crippen LogP contribution < -0.4 is 11.3 Å². The fraction of sp³-hybridized carbons (Fsp3) is 0.462. The van der Waals surface area contributed by atoms with Crippen LogP contribution in [0.15, 0.2) is 18.2 Å². The van der Waals surface area contributed by atoms with Gasteiger partial charge in [-0.2, -0.15) is 0 Å². The molecule has 0 saturated carbocycles. The number of nitrogens with two attached hydrogens (primary N) is 1. The van der Waals surface area contributed by atoms with Gasteiger partial charge in [0.05, 0.1) is 4.92 Å². The second-order valence-corrected chi connectivity index (χ2v) is 4.52. The summed E-state index contributed by atoms with van der Waals surface area (Å²) in [6.45, 7) is 4.03. The lowest BCUT2D eigenvalue weighted by Gasteiger charge is -2.26. The third kappa shape index (κ3) is 3.24. The van der Waals surface area contributed by atoms with Crippen molar-refractivity contribution in [2.24, 2.45) is 5.84 Å². The maximum Gasteiger partial charge on any atom is 0.293 e. The minimum Gasteiger partial charge on any atom is -0.339 e. The lowest BCUT2D eigenvalue weighted by Crippen LogP contribution is -2.36. The maximum atomic E-state index is 12.3. The second-order valence-electron chi connectivity index (χ2n) is 4.52. The van der Waals surface area contributed by atoms with Gasteiger partial charge in [0, 0.05) is 24.7 Å². The van der Waals surface area contributed by atoms with Crippen molar-refractivity contribution in [2.45, 2.75) is 32.7 Å². The SMILES string of the molecule is CCC(CC)N(C)C(=O)c1ccc([N+](=O)[O-])c(NN)c1. The lowest BCUT2D eigenvalue weighted by atomic mass is 10.1. The summed E-state index contributed by atoms with van der Waals surface area (Å²) >= 11 is 0. The zero-order valence-corrected chi connectivity index (χ0v) is 11.9. The zero-order chi connectivity index (χ0) is 15.3. The first-order valence-corrected chi connectivity index (χ1v) is 6.48. The van der Waals surface area contributed by atoms with Crippen molar-refractivity contribution in [1.82, 2.24) is 4.90 Å². The van der Waals surface area contributed by atoms with Crippen LogP contribution in [0.2, 0.25) is 0 Å². The monoisotopic (exact) mass is 280 g/mol. The first-order valence-electron chi connectivity index (χ1n) is 6.48. The Balaban J connectivity index is 3.08. The molecule has 0 heterocycles. The Morgan fingerprint density at radius 2 is 2.05 bits per heavy atom. The predicted molar refractivity (Wildman–Crippen MR) is 77.4 cm³/mol. The minimum absolute atomic E-state index is 0.124. The number of amides is 1. The highest BCUT2D eigenvalue weighted by atomic mass is 16.6. The molecule has 0 bridgehead atoms. The van der Waals surface area contributed by atoms with E-state index in [2.05, 4.69) is 5.43 Å². The number of hydrazine groups is 1. The molecule has 0 aliphatic carbocycles. The zero-order valence-electron chi connectivity index (χ0n) is 11.9. The van der Waals surface area contributed by atoms with Crippen LogP contribution >= 0.6 is 0 Å². The summed E-state index contributed by atoms with van der Waals surface area (Å²) in [5.41, 5.74) is 2.59. The molecule has 1 rings (SSSR count). The number of nitrogens with one attached hydrogen (secondary N) is 1. The Kier molecular flexibility index (Phi) is 5.45. The van der Waals surface area contributed by atoms with Gasteiger partial charge in [0.25, 0.3) is 11.6 Å². The highest BCUT2D eigenvalue weighted by molar-refractivity contribution is 5.96. The molecule has 1 amide bonds. The summed E-state index contributed by atoms with van der Waals surface area (Å²) in [6, 6.07) is 4.27. The Morgan fingerprint density at radius 1 is 1.45 bits per heavy atom. The van der Waals surface area contributed by atoms with Gasteiger partial charge in [-0.05, 0) is 25.0 Å². The molecule has 0 saturated heterocycles. The summed E-state index contributed by atoms with van der Waals surface area (Å²) in [6.07, 6.45) is 1.71. The smallest absolute Gasteiger partial charge is 0.293 e. The van der Waals surface area contributed by atoms with E-state index in [1.54, 1.807) is 11.9 Å². The van der Waals surface area contributed by atoms with Gasteiger partial charge in [-0.25, -0.2) is 0 Å². The van der Waals surface area contributed by atoms with Crippen molar-refractivity contribution in [3.8, 4) is 0 Å². The van der Waals surface area contributed by atoms with Crippen LogP contribution in [-0.2, 0) is 0 Å². The molecule has 20 heavy (non-hydrogen) atoms. The summed E-state index contributed by atoms with van der Waals surface area (Å²) in [7, 11) is 1.73. The molecule has 0 aliphatic heterocycles. The number of hydrogen-bond donors (Lipinski definition) is 2. The van der Waals surface area contributed by atoms with Gasteiger partial charge < -0.3 is 10.3 Å². The van der Waals surface area contributed by atoms with Gasteiger partial charge >= 0.3 is 0 Å². The van der Waals surface area contributed by atoms with Crippen LogP contribution in [0, 0.1) is 10.1 Å². The fourth-order valence-electron chi connectivity index (χ4n) is 2.15. The van der Waals surface area contributed by atoms with Gasteiger partial charge in [0.2, 0.25) is 0 Å². The molecule has 1 aromatic carbocycles. The number of nitrogen functional groups attached to an aromatic ring is 1. The number of hydrogen-bond acceptors (Lipinski definition) is 5. The fourth-order valence-corrected chi connectivity index (χ4v) is 2.15. The van der Waals surface area contributed by atoms with Crippen LogP contribution in [0.3, 0.4) is 0 Å². The molecule has 0 aliphatic rings. The molecule has 0 aromatic heterocycles. The van der Waals surface area contributed by atoms with Crippen LogP contribution in [0.1, 0.15) is 37.0 Å². The van der Waals surface area contributed by atoms with Gasteiger partial charge in [-0.3, -0.25) is 20.8 Å². The van der Waals surface area contributed by atoms with Crippen LogP contribution in [-0.4, -0.2) is 28.8 Å². The van der Waals surface area contributed by atoms with Gasteiger partial charge in [-0.1, -0.05) is 13.8 Å². The van der Waals surface area contributed by atoms with Crippen molar-refractivity contribution in [1.29, 1.82) is 0 Å². The van der Waals surface area contributed by atoms with Crippen molar-refractivity contribution in [3.05, 3.63) is 33.9 Å². The number of nitro groups is 1. The quantitative estimate of drug-likeness (QED) is 0.472. The average molecular weight is 280 g/mol. The molecule has 0 fully saturated rings. The molecule has 110 valence electrons. The predicted octanol–water partition coefficient (Wildman–Crippen LogP) is 2.14. The van der Waals surface area contributed by atoms with E-state index in [0.717, 1.165) is 12.8 Å². The number of carbonyl (C=O) groups is 1. The maximum absolute atomic E-state index is 12.3. The molecule has 7 heteroatoms. The topological polar surface area (TPSA) is 102 Å². The van der Waals surface area contributed by atoms with Crippen molar-refractivity contribution >= 4 is 17.3 Å². The Hall–Kier alpha value is -2.15. The highest BCUT2D eigenvalue weighted by Gasteiger charge is 2.21. The van der Waals surface area contributed by atoms with E-state index in [9.17, 15) is 14.9 Å². The normalized spacial score (nSPS) is 10.4. The number of rotatable bonds is 6. The molecule has 3 N–H and O–H groups in total. The van der Waals surface area contributed by atoms with E-state index in [-0.39, 0.29) is 23.3 Å². The number of anilines is 1. The van der Waals surface area contributed by atoms with Gasteiger partial charge in [0.1, 0.15) is 5.69 Å². The Bertz CT molecular complexity index is 500. The third-order valence-corrected chi connectivity index (χ3v) is 3.41. The molecule has 7 nitrogen and oxygen atoms in total. The summed E-state index contributed by atoms with van der Waals surface area (Å²) in [5.74, 6) is 5.09. The van der Waals surface area contributed by atoms with E-state index >= 15 is 0 Å². The lowest BCUT2D eigenvalue weighted by molar-refractivity contribution is -0.384. The van der Waals surface area contributed by atoms with E-state index in [1.165, 1.54) is 18.2 Å². The average Bonchev–Trinajstić information content (AvgIpc) is 2.46. The largest absolute Gasteiger partial charge is 0.339 e. The van der Waals surface area contributed by atoms with Crippen LogP contribution in [0.5, 0.6) is 0 Å². The molecule has 0 unspecified atom stereocenters. The van der Waals surface area contributed by atoms with E-state index in [1.807, 2.05) is 13.8 Å². The number of nitro benzene ring substituents is 1. The number of benzene rings is 1. The van der Waals surface area contributed by atoms with Gasteiger partial charge in [0.15, 0.2) is 0 Å².